The number of ether oxygens (including phenoxy) is 1. The molecule has 1 N–H and O–H groups in total. The van der Waals surface area contributed by atoms with Crippen molar-refractivity contribution in [2.75, 3.05) is 13.1 Å². The van der Waals surface area contributed by atoms with Gasteiger partial charge in [0.15, 0.2) is 0 Å². The number of carboxylic acid groups (broad SMARTS) is 1. The molecule has 174 valence electrons. The van der Waals surface area contributed by atoms with Crippen molar-refractivity contribution in [3.8, 4) is 17.6 Å². The molecule has 34 heavy (non-hydrogen) atoms. The van der Waals surface area contributed by atoms with Crippen molar-refractivity contribution in [3.63, 3.8) is 0 Å². The van der Waals surface area contributed by atoms with E-state index in [-0.39, 0.29) is 12.3 Å². The molecule has 4 rings (SSSR count). The second-order valence-electron chi connectivity index (χ2n) is 8.85. The molecular formula is C30H31NO3. The third kappa shape index (κ3) is 6.50. The lowest BCUT2D eigenvalue weighted by molar-refractivity contribution is -0.137. The summed E-state index contributed by atoms with van der Waals surface area (Å²) in [4.78, 5) is 13.6. The molecule has 2 atom stereocenters. The maximum atomic E-state index is 11.1. The third-order valence-corrected chi connectivity index (χ3v) is 6.36. The summed E-state index contributed by atoms with van der Waals surface area (Å²) < 4.78 is 5.94. The molecule has 1 aliphatic heterocycles. The Morgan fingerprint density at radius 1 is 1.03 bits per heavy atom. The molecule has 0 unspecified atom stereocenters. The number of hydrogen-bond donors (Lipinski definition) is 1. The maximum Gasteiger partial charge on any atom is 0.304 e. The number of carboxylic acids is 1. The van der Waals surface area contributed by atoms with Crippen molar-refractivity contribution < 1.29 is 14.6 Å². The van der Waals surface area contributed by atoms with E-state index in [9.17, 15) is 4.79 Å². The van der Waals surface area contributed by atoms with Gasteiger partial charge in [-0.15, -0.1) is 5.92 Å². The molecule has 0 bridgehead atoms. The first-order valence-electron chi connectivity index (χ1n) is 11.8. The van der Waals surface area contributed by atoms with Crippen LogP contribution < -0.4 is 4.74 Å². The van der Waals surface area contributed by atoms with Gasteiger partial charge in [-0.25, -0.2) is 0 Å². The van der Waals surface area contributed by atoms with Gasteiger partial charge in [0, 0.05) is 13.1 Å². The lowest BCUT2D eigenvalue weighted by atomic mass is 9.96. The normalized spacial score (nSPS) is 16.4. The first kappa shape index (κ1) is 23.6. The minimum atomic E-state index is -0.850. The fourth-order valence-electron chi connectivity index (χ4n) is 4.54. The van der Waals surface area contributed by atoms with Gasteiger partial charge in [0.25, 0.3) is 0 Å². The van der Waals surface area contributed by atoms with E-state index in [4.69, 9.17) is 9.84 Å². The summed E-state index contributed by atoms with van der Waals surface area (Å²) in [5.41, 5.74) is 4.78. The van der Waals surface area contributed by atoms with Crippen LogP contribution in [-0.4, -0.2) is 29.1 Å². The summed E-state index contributed by atoms with van der Waals surface area (Å²) in [6.45, 7) is 5.45. The van der Waals surface area contributed by atoms with Crippen molar-refractivity contribution in [1.82, 2.24) is 4.90 Å². The molecule has 4 nitrogen and oxygen atoms in total. The van der Waals surface area contributed by atoms with Crippen LogP contribution in [0.1, 0.15) is 53.9 Å². The van der Waals surface area contributed by atoms with Crippen LogP contribution in [0.25, 0.3) is 0 Å². The fourth-order valence-corrected chi connectivity index (χ4v) is 4.54. The molecule has 0 spiro atoms. The van der Waals surface area contributed by atoms with Crippen molar-refractivity contribution in [1.29, 1.82) is 0 Å². The minimum absolute atomic E-state index is 0.00225. The number of aliphatic carboxylic acids is 1. The van der Waals surface area contributed by atoms with E-state index in [1.165, 1.54) is 17.5 Å². The summed E-state index contributed by atoms with van der Waals surface area (Å²) in [7, 11) is 0. The molecule has 0 aromatic heterocycles. The van der Waals surface area contributed by atoms with E-state index in [1.807, 2.05) is 24.3 Å². The maximum absolute atomic E-state index is 11.1. The van der Waals surface area contributed by atoms with E-state index in [0.29, 0.717) is 12.5 Å². The van der Waals surface area contributed by atoms with Gasteiger partial charge >= 0.3 is 5.97 Å². The van der Waals surface area contributed by atoms with Gasteiger partial charge in [0.2, 0.25) is 0 Å². The molecular weight excluding hydrogens is 422 g/mol. The van der Waals surface area contributed by atoms with Crippen LogP contribution in [0.5, 0.6) is 5.75 Å². The Morgan fingerprint density at radius 2 is 1.74 bits per heavy atom. The van der Waals surface area contributed by atoms with Crippen LogP contribution in [0.15, 0.2) is 78.9 Å². The van der Waals surface area contributed by atoms with Gasteiger partial charge in [-0.1, -0.05) is 72.7 Å². The number of likely N-dealkylation sites (tertiary alicyclic amines) is 1. The van der Waals surface area contributed by atoms with Crippen LogP contribution in [0, 0.1) is 11.8 Å². The first-order chi connectivity index (χ1) is 16.6. The van der Waals surface area contributed by atoms with Gasteiger partial charge in [-0.3, -0.25) is 9.69 Å². The van der Waals surface area contributed by atoms with Crippen molar-refractivity contribution >= 4 is 5.97 Å². The molecule has 1 heterocycles. The van der Waals surface area contributed by atoms with Crippen molar-refractivity contribution in [3.05, 3.63) is 101 Å². The number of hydrogen-bond acceptors (Lipinski definition) is 3. The second-order valence-corrected chi connectivity index (χ2v) is 8.85. The minimum Gasteiger partial charge on any atom is -0.489 e. The largest absolute Gasteiger partial charge is 0.489 e. The molecule has 1 fully saturated rings. The van der Waals surface area contributed by atoms with Crippen LogP contribution in [0.3, 0.4) is 0 Å². The van der Waals surface area contributed by atoms with Crippen molar-refractivity contribution in [2.24, 2.45) is 0 Å². The van der Waals surface area contributed by atoms with Gasteiger partial charge < -0.3 is 9.84 Å². The van der Waals surface area contributed by atoms with Gasteiger partial charge in [0.05, 0.1) is 12.3 Å². The topological polar surface area (TPSA) is 49.8 Å². The molecule has 0 aliphatic carbocycles. The quantitative estimate of drug-likeness (QED) is 0.414. The summed E-state index contributed by atoms with van der Waals surface area (Å²) in [6, 6.07) is 27.0. The van der Waals surface area contributed by atoms with E-state index in [0.717, 1.165) is 36.5 Å². The molecule has 1 aliphatic rings. The average molecular weight is 454 g/mol. The van der Waals surface area contributed by atoms with Gasteiger partial charge in [0.1, 0.15) is 12.4 Å². The molecule has 3 aromatic carbocycles. The third-order valence-electron chi connectivity index (χ3n) is 6.36. The molecule has 4 heteroatoms. The standard InChI is InChI=1S/C30H31NO3/c1-2-6-27(19-30(32)33)26-13-15-29(16-14-26)34-22-24-11-9-23(10-12-24)20-31-18-17-28(21-31)25-7-4-3-5-8-25/h3-5,7-16,27-28H,17-22H2,1H3,(H,32,33)/t27-,28+/m0/s1. The number of rotatable bonds is 9. The summed E-state index contributed by atoms with van der Waals surface area (Å²) >= 11 is 0. The number of nitrogens with zero attached hydrogens (tertiary/aromatic N) is 1. The van der Waals surface area contributed by atoms with E-state index >= 15 is 0 Å². The predicted octanol–water partition coefficient (Wildman–Crippen LogP) is 5.84. The highest BCUT2D eigenvalue weighted by Gasteiger charge is 2.23. The Bertz CT molecular complexity index is 1130. The molecule has 0 amide bonds. The molecule has 0 radical (unpaired) electrons. The Hall–Kier alpha value is -3.55. The molecule has 3 aromatic rings. The Kier molecular flexibility index (Phi) is 8.01. The zero-order chi connectivity index (χ0) is 23.8. The lowest BCUT2D eigenvalue weighted by Crippen LogP contribution is -2.19. The smallest absolute Gasteiger partial charge is 0.304 e. The average Bonchev–Trinajstić information content (AvgIpc) is 3.32. The summed E-state index contributed by atoms with van der Waals surface area (Å²) in [5.74, 6) is 6.04. The van der Waals surface area contributed by atoms with Crippen LogP contribution >= 0.6 is 0 Å². The Labute approximate surface area is 202 Å². The second kappa shape index (κ2) is 11.5. The van der Waals surface area contributed by atoms with E-state index in [1.54, 1.807) is 6.92 Å². The Morgan fingerprint density at radius 3 is 2.41 bits per heavy atom. The highest BCUT2D eigenvalue weighted by molar-refractivity contribution is 5.69. The fraction of sp³-hybridized carbons (Fsp3) is 0.300. The van der Waals surface area contributed by atoms with Crippen LogP contribution in [0.4, 0.5) is 0 Å². The van der Waals surface area contributed by atoms with Crippen LogP contribution in [0.2, 0.25) is 0 Å². The van der Waals surface area contributed by atoms with Crippen LogP contribution in [-0.2, 0) is 17.9 Å². The number of benzene rings is 3. The van der Waals surface area contributed by atoms with Gasteiger partial charge in [-0.2, -0.15) is 0 Å². The number of carbonyl (C=O) groups is 1. The van der Waals surface area contributed by atoms with Gasteiger partial charge in [-0.05, 0) is 60.2 Å². The van der Waals surface area contributed by atoms with E-state index in [2.05, 4.69) is 71.3 Å². The predicted molar refractivity (Wildman–Crippen MR) is 135 cm³/mol. The zero-order valence-electron chi connectivity index (χ0n) is 19.6. The zero-order valence-corrected chi connectivity index (χ0v) is 19.6. The first-order valence-corrected chi connectivity index (χ1v) is 11.8. The molecule has 0 saturated carbocycles. The lowest BCUT2D eigenvalue weighted by Gasteiger charge is -2.16. The monoisotopic (exact) mass is 453 g/mol. The summed E-state index contributed by atoms with van der Waals surface area (Å²) in [6.07, 6.45) is 1.22. The van der Waals surface area contributed by atoms with E-state index < -0.39 is 5.97 Å². The summed E-state index contributed by atoms with van der Waals surface area (Å²) in [5, 5.41) is 9.10. The SMILES string of the molecule is CC#C[C@@H](CC(=O)O)c1ccc(OCc2ccc(CN3CC[C@@H](c4ccccc4)C3)cc2)cc1. The molecule has 1 saturated heterocycles. The highest BCUT2D eigenvalue weighted by Crippen LogP contribution is 2.28. The highest BCUT2D eigenvalue weighted by atomic mass is 16.5. The van der Waals surface area contributed by atoms with Crippen molar-refractivity contribution in [2.45, 2.75) is 44.8 Å². The Balaban J connectivity index is 1.27.